The lowest BCUT2D eigenvalue weighted by Gasteiger charge is -2.78. The molecule has 0 spiro atoms. The zero-order valence-electron chi connectivity index (χ0n) is 8.61. The first-order valence-corrected chi connectivity index (χ1v) is 7.14. The van der Waals surface area contributed by atoms with Gasteiger partial charge in [0.25, 0.3) is 0 Å². The van der Waals surface area contributed by atoms with Crippen LogP contribution in [0.3, 0.4) is 0 Å². The van der Waals surface area contributed by atoms with E-state index < -0.39 is 54.7 Å². The molecule has 0 saturated heterocycles. The highest BCUT2D eigenvalue weighted by molar-refractivity contribution is 6.53. The van der Waals surface area contributed by atoms with Crippen molar-refractivity contribution in [3.63, 3.8) is 0 Å². The van der Waals surface area contributed by atoms with E-state index in [1.54, 1.807) is 0 Å². The first-order valence-electron chi connectivity index (χ1n) is 5.63. The highest BCUT2D eigenvalue weighted by atomic mass is 35.5. The summed E-state index contributed by atoms with van der Waals surface area (Å²) >= 11 is 25.6. The van der Waals surface area contributed by atoms with Crippen molar-refractivity contribution in [2.75, 3.05) is 0 Å². The van der Waals surface area contributed by atoms with Crippen molar-refractivity contribution in [3.05, 3.63) is 0 Å². The van der Waals surface area contributed by atoms with Gasteiger partial charge in [0, 0.05) is 23.7 Å². The molecule has 6 aliphatic carbocycles. The van der Waals surface area contributed by atoms with Crippen molar-refractivity contribution in [1.29, 1.82) is 0 Å². The molecule has 0 unspecified atom stereocenters. The second-order valence-electron chi connectivity index (χ2n) is 6.31. The Morgan fingerprint density at radius 2 is 0.833 bits per heavy atom. The average Bonchev–Trinajstić information content (AvgIpc) is 2.61. The minimum absolute atomic E-state index is 0.719. The molecule has 0 aromatic carbocycles. The summed E-state index contributed by atoms with van der Waals surface area (Å²) in [6.07, 6.45) is 0. The minimum atomic E-state index is -2.28. The first kappa shape index (κ1) is 11.6. The van der Waals surface area contributed by atoms with Crippen LogP contribution in [0.4, 0.5) is 0 Å². The third kappa shape index (κ3) is 0.493. The van der Waals surface area contributed by atoms with E-state index in [-0.39, 0.29) is 0 Å². The van der Waals surface area contributed by atoms with E-state index in [0.717, 1.165) is 0 Å². The number of halogens is 4. The van der Waals surface area contributed by atoms with Crippen LogP contribution in [-0.4, -0.2) is 51.5 Å². The molecule has 0 aromatic rings. The zero-order valence-corrected chi connectivity index (χ0v) is 11.6. The van der Waals surface area contributed by atoms with Crippen molar-refractivity contribution >= 4 is 46.4 Å². The molecule has 6 fully saturated rings. The molecular formula is C10H8Cl4O4. The van der Waals surface area contributed by atoms with Crippen molar-refractivity contribution in [1.82, 2.24) is 0 Å². The molecule has 4 N–H and O–H groups in total. The van der Waals surface area contributed by atoms with Crippen LogP contribution >= 0.6 is 46.4 Å². The maximum Gasteiger partial charge on any atom is 0.188 e. The van der Waals surface area contributed by atoms with Gasteiger partial charge in [-0.2, -0.15) is 0 Å². The lowest BCUT2D eigenvalue weighted by atomic mass is 9.38. The lowest BCUT2D eigenvalue weighted by molar-refractivity contribution is -0.230. The molecule has 0 amide bonds. The summed E-state index contributed by atoms with van der Waals surface area (Å²) in [5.74, 6) is -7.71. The topological polar surface area (TPSA) is 80.9 Å². The first-order chi connectivity index (χ1) is 7.98. The van der Waals surface area contributed by atoms with Gasteiger partial charge in [0.1, 0.15) is 9.75 Å². The summed E-state index contributed by atoms with van der Waals surface area (Å²) < 4.78 is 0. The average molecular weight is 334 g/mol. The largest absolute Gasteiger partial charge is 0.364 e. The van der Waals surface area contributed by atoms with E-state index in [2.05, 4.69) is 0 Å². The molecule has 0 aliphatic heterocycles. The Balaban J connectivity index is 1.92. The van der Waals surface area contributed by atoms with Crippen LogP contribution in [0.2, 0.25) is 0 Å². The van der Waals surface area contributed by atoms with Crippen LogP contribution < -0.4 is 0 Å². The van der Waals surface area contributed by atoms with E-state index in [0.29, 0.717) is 0 Å². The Morgan fingerprint density at radius 3 is 1.11 bits per heavy atom. The Kier molecular flexibility index (Phi) is 1.40. The number of rotatable bonds is 0. The molecule has 8 atom stereocenters. The van der Waals surface area contributed by atoms with Gasteiger partial charge in [0.2, 0.25) is 0 Å². The maximum absolute atomic E-state index is 10.3. The molecular weight excluding hydrogens is 326 g/mol. The fraction of sp³-hybridized carbons (Fsp3) is 1.00. The molecule has 4 bridgehead atoms. The predicted octanol–water partition coefficient (Wildman–Crippen LogP) is -0.209. The molecule has 18 heavy (non-hydrogen) atoms. The van der Waals surface area contributed by atoms with E-state index in [4.69, 9.17) is 46.4 Å². The Hall–Kier alpha value is 1.000. The Bertz CT molecular complexity index is 506. The number of hydrogen-bond donors (Lipinski definition) is 4. The van der Waals surface area contributed by atoms with E-state index in [1.807, 2.05) is 0 Å². The molecule has 0 heterocycles. The van der Waals surface area contributed by atoms with Crippen molar-refractivity contribution in [2.45, 2.75) is 31.1 Å². The molecule has 6 aliphatic rings. The smallest absolute Gasteiger partial charge is 0.188 e. The highest BCUT2D eigenvalue weighted by Gasteiger charge is 3.17. The van der Waals surface area contributed by atoms with Gasteiger partial charge < -0.3 is 20.4 Å². The van der Waals surface area contributed by atoms with E-state index in [1.165, 1.54) is 0 Å². The van der Waals surface area contributed by atoms with Crippen LogP contribution in [0.1, 0.15) is 0 Å². The molecule has 0 radical (unpaired) electrons. The minimum Gasteiger partial charge on any atom is -0.364 e. The van der Waals surface area contributed by atoms with Crippen LogP contribution in [0.15, 0.2) is 0 Å². The molecule has 6 rings (SSSR count). The van der Waals surface area contributed by atoms with Crippen LogP contribution in [0.25, 0.3) is 0 Å². The fourth-order valence-electron chi connectivity index (χ4n) is 6.13. The molecule has 0 aromatic heterocycles. The normalized spacial score (nSPS) is 78.7. The molecule has 100 valence electrons. The van der Waals surface area contributed by atoms with Gasteiger partial charge in [-0.15, -0.1) is 46.4 Å². The Labute approximate surface area is 121 Å². The van der Waals surface area contributed by atoms with Gasteiger partial charge in [-0.25, -0.2) is 0 Å². The van der Waals surface area contributed by atoms with Crippen LogP contribution in [-0.2, 0) is 0 Å². The highest BCUT2D eigenvalue weighted by Crippen LogP contribution is 3.02. The third-order valence-electron chi connectivity index (χ3n) is 6.41. The van der Waals surface area contributed by atoms with E-state index in [9.17, 15) is 20.4 Å². The molecule has 6 saturated carbocycles. The summed E-state index contributed by atoms with van der Waals surface area (Å²) in [6, 6.07) is 0. The quantitative estimate of drug-likeness (QED) is 0.365. The van der Waals surface area contributed by atoms with Gasteiger partial charge >= 0.3 is 0 Å². The summed E-state index contributed by atoms with van der Waals surface area (Å²) in [4.78, 5) is -5.72. The summed E-state index contributed by atoms with van der Waals surface area (Å²) in [6.45, 7) is 0. The van der Waals surface area contributed by atoms with Crippen LogP contribution in [0, 0.1) is 23.7 Å². The molecule has 8 heteroatoms. The van der Waals surface area contributed by atoms with Gasteiger partial charge in [-0.1, -0.05) is 0 Å². The second kappa shape index (κ2) is 2.17. The fourth-order valence-corrected chi connectivity index (χ4v) is 9.37. The zero-order chi connectivity index (χ0) is 13.3. The van der Waals surface area contributed by atoms with Crippen molar-refractivity contribution in [3.8, 4) is 0 Å². The second-order valence-corrected chi connectivity index (χ2v) is 8.69. The standard InChI is InChI=1S/C10H8Cl4O4/c11-5-3-1-2-4(8(5,14)9(1,15)16)6(5,12)7(3,13)10(2,17)18/h1-4,15-18H/t1-,2-,3+,4+,5+,6+,7-,8-/m0/s1. The number of alkyl halides is 4. The van der Waals surface area contributed by atoms with Crippen LogP contribution in [0.5, 0.6) is 0 Å². The maximum atomic E-state index is 10.3. The van der Waals surface area contributed by atoms with E-state index >= 15 is 0 Å². The van der Waals surface area contributed by atoms with Crippen molar-refractivity contribution in [2.24, 2.45) is 23.7 Å². The summed E-state index contributed by atoms with van der Waals surface area (Å²) in [7, 11) is 0. The molecule has 4 nitrogen and oxygen atoms in total. The number of aliphatic hydroxyl groups is 4. The third-order valence-corrected chi connectivity index (χ3v) is 9.98. The van der Waals surface area contributed by atoms with Gasteiger partial charge in [0.15, 0.2) is 11.6 Å². The lowest BCUT2D eigenvalue weighted by Crippen LogP contribution is -2.95. The Morgan fingerprint density at radius 1 is 0.556 bits per heavy atom. The monoisotopic (exact) mass is 332 g/mol. The number of hydrogen-bond acceptors (Lipinski definition) is 4. The predicted molar refractivity (Wildman–Crippen MR) is 62.6 cm³/mol. The van der Waals surface area contributed by atoms with Gasteiger partial charge in [-0.05, 0) is 0 Å². The van der Waals surface area contributed by atoms with Crippen molar-refractivity contribution < 1.29 is 20.4 Å². The van der Waals surface area contributed by atoms with Gasteiger partial charge in [-0.3, -0.25) is 0 Å². The SMILES string of the molecule is OC1(O)[C@H]2[C@H]3[C@@H]4[C@@]5(Cl)[C@](Cl)([C@@H]2[C@@]5(Cl)C3(O)O)[C@@]41Cl. The summed E-state index contributed by atoms with van der Waals surface area (Å²) in [5, 5.41) is 41.1. The summed E-state index contributed by atoms with van der Waals surface area (Å²) in [5.41, 5.74) is 0. The van der Waals surface area contributed by atoms with Gasteiger partial charge in [0.05, 0.1) is 9.75 Å².